The molecule has 0 amide bonds. The SMILES string of the molecule is N=C1C(c2nc3ccc(F)cc3[nH]2)=C(O)CN1c1ccc2c(c1)OCCO2. The summed E-state index contributed by atoms with van der Waals surface area (Å²) < 4.78 is 24.5. The molecule has 5 rings (SSSR count). The Morgan fingerprint density at radius 1 is 1.11 bits per heavy atom. The number of halogens is 1. The fraction of sp³-hybridized carbons (Fsp3) is 0.158. The molecule has 0 bridgehead atoms. The van der Waals surface area contributed by atoms with Crippen LogP contribution in [0.15, 0.2) is 42.2 Å². The van der Waals surface area contributed by atoms with Crippen molar-refractivity contribution in [2.24, 2.45) is 0 Å². The molecule has 2 aliphatic heterocycles. The molecular formula is C19H15FN4O3. The molecule has 0 saturated carbocycles. The third-order valence-corrected chi connectivity index (χ3v) is 4.62. The molecule has 0 spiro atoms. The molecule has 7 nitrogen and oxygen atoms in total. The third kappa shape index (κ3) is 2.49. The van der Waals surface area contributed by atoms with Gasteiger partial charge in [-0.2, -0.15) is 0 Å². The van der Waals surface area contributed by atoms with E-state index in [9.17, 15) is 9.50 Å². The van der Waals surface area contributed by atoms with E-state index in [0.29, 0.717) is 52.8 Å². The second-order valence-electron chi connectivity index (χ2n) is 6.33. The number of anilines is 1. The number of benzene rings is 2. The second kappa shape index (κ2) is 5.73. The molecule has 2 aliphatic rings. The Labute approximate surface area is 153 Å². The van der Waals surface area contributed by atoms with Gasteiger partial charge in [-0.3, -0.25) is 5.41 Å². The number of aromatic nitrogens is 2. The molecule has 3 N–H and O–H groups in total. The van der Waals surface area contributed by atoms with Crippen molar-refractivity contribution in [2.45, 2.75) is 0 Å². The fourth-order valence-corrected chi connectivity index (χ4v) is 3.35. The van der Waals surface area contributed by atoms with Crippen molar-refractivity contribution in [3.05, 3.63) is 53.8 Å². The Balaban J connectivity index is 1.50. The van der Waals surface area contributed by atoms with Crippen molar-refractivity contribution in [1.29, 1.82) is 5.41 Å². The summed E-state index contributed by atoms with van der Waals surface area (Å²) in [6.07, 6.45) is 0. The van der Waals surface area contributed by atoms with Gasteiger partial charge in [0, 0.05) is 11.8 Å². The van der Waals surface area contributed by atoms with Gasteiger partial charge in [-0.25, -0.2) is 9.37 Å². The van der Waals surface area contributed by atoms with Crippen LogP contribution in [0.5, 0.6) is 11.5 Å². The van der Waals surface area contributed by atoms with Crippen LogP contribution in [-0.4, -0.2) is 40.7 Å². The molecule has 3 heterocycles. The van der Waals surface area contributed by atoms with Crippen LogP contribution < -0.4 is 14.4 Å². The number of aliphatic hydroxyl groups is 1. The standard InChI is InChI=1S/C19H15FN4O3/c20-10-1-3-12-13(7-10)23-19(22-12)17-14(25)9-24(18(17)21)11-2-4-15-16(8-11)27-6-5-26-15/h1-4,7-8,21,25H,5-6,9H2,(H,22,23). The summed E-state index contributed by atoms with van der Waals surface area (Å²) in [5.74, 6) is 1.35. The maximum Gasteiger partial charge on any atom is 0.163 e. The second-order valence-corrected chi connectivity index (χ2v) is 6.33. The molecule has 1 aromatic heterocycles. The number of rotatable bonds is 2. The number of nitrogens with one attached hydrogen (secondary N) is 2. The maximum atomic E-state index is 13.4. The Morgan fingerprint density at radius 2 is 1.93 bits per heavy atom. The first-order valence-electron chi connectivity index (χ1n) is 8.44. The minimum atomic E-state index is -0.379. The first-order chi connectivity index (χ1) is 13.1. The van der Waals surface area contributed by atoms with Crippen molar-refractivity contribution in [3.8, 4) is 11.5 Å². The number of hydrogen-bond donors (Lipinski definition) is 3. The number of aliphatic hydroxyl groups excluding tert-OH is 1. The van der Waals surface area contributed by atoms with E-state index >= 15 is 0 Å². The van der Waals surface area contributed by atoms with Crippen LogP contribution in [0.2, 0.25) is 0 Å². The van der Waals surface area contributed by atoms with E-state index in [4.69, 9.17) is 14.9 Å². The quantitative estimate of drug-likeness (QED) is 0.647. The van der Waals surface area contributed by atoms with Gasteiger partial charge in [-0.1, -0.05) is 0 Å². The highest BCUT2D eigenvalue weighted by Gasteiger charge is 2.32. The van der Waals surface area contributed by atoms with Crippen LogP contribution in [-0.2, 0) is 0 Å². The number of aromatic amines is 1. The number of nitrogens with zero attached hydrogens (tertiary/aromatic N) is 2. The zero-order chi connectivity index (χ0) is 18.5. The van der Waals surface area contributed by atoms with Crippen molar-refractivity contribution in [1.82, 2.24) is 9.97 Å². The van der Waals surface area contributed by atoms with Gasteiger partial charge in [0.2, 0.25) is 0 Å². The summed E-state index contributed by atoms with van der Waals surface area (Å²) in [5, 5.41) is 19.0. The lowest BCUT2D eigenvalue weighted by molar-refractivity contribution is 0.171. The lowest BCUT2D eigenvalue weighted by atomic mass is 10.2. The number of hydrogen-bond acceptors (Lipinski definition) is 5. The van der Waals surface area contributed by atoms with Gasteiger partial charge in [0.1, 0.15) is 36.5 Å². The van der Waals surface area contributed by atoms with Crippen LogP contribution in [0.1, 0.15) is 5.82 Å². The van der Waals surface area contributed by atoms with Crippen molar-refractivity contribution >= 4 is 28.1 Å². The maximum absolute atomic E-state index is 13.4. The van der Waals surface area contributed by atoms with E-state index in [1.807, 2.05) is 6.07 Å². The molecule has 0 fully saturated rings. The van der Waals surface area contributed by atoms with Crippen LogP contribution >= 0.6 is 0 Å². The van der Waals surface area contributed by atoms with E-state index in [0.717, 1.165) is 0 Å². The average Bonchev–Trinajstić information content (AvgIpc) is 3.20. The van der Waals surface area contributed by atoms with Crippen molar-refractivity contribution in [3.63, 3.8) is 0 Å². The summed E-state index contributed by atoms with van der Waals surface area (Å²) in [4.78, 5) is 9.01. The lowest BCUT2D eigenvalue weighted by Gasteiger charge is -2.23. The summed E-state index contributed by atoms with van der Waals surface area (Å²) >= 11 is 0. The van der Waals surface area contributed by atoms with Crippen LogP contribution in [0.25, 0.3) is 16.6 Å². The molecule has 8 heteroatoms. The highest BCUT2D eigenvalue weighted by molar-refractivity contribution is 6.30. The van der Waals surface area contributed by atoms with Gasteiger partial charge in [-0.05, 0) is 30.3 Å². The zero-order valence-corrected chi connectivity index (χ0v) is 14.1. The smallest absolute Gasteiger partial charge is 0.163 e. The molecule has 27 heavy (non-hydrogen) atoms. The molecular weight excluding hydrogens is 351 g/mol. The minimum absolute atomic E-state index is 0.0226. The van der Waals surface area contributed by atoms with Gasteiger partial charge in [-0.15, -0.1) is 0 Å². The molecule has 0 unspecified atom stereocenters. The van der Waals surface area contributed by atoms with Crippen molar-refractivity contribution in [2.75, 3.05) is 24.7 Å². The van der Waals surface area contributed by atoms with Gasteiger partial charge < -0.3 is 24.5 Å². The summed E-state index contributed by atoms with van der Waals surface area (Å²) in [5.41, 5.74) is 2.07. The number of fused-ring (bicyclic) bond motifs is 2. The van der Waals surface area contributed by atoms with Gasteiger partial charge in [0.05, 0.1) is 23.2 Å². The summed E-state index contributed by atoms with van der Waals surface area (Å²) in [6.45, 7) is 1.11. The van der Waals surface area contributed by atoms with E-state index in [1.165, 1.54) is 12.1 Å². The molecule has 0 aliphatic carbocycles. The third-order valence-electron chi connectivity index (χ3n) is 4.62. The predicted molar refractivity (Wildman–Crippen MR) is 98.1 cm³/mol. The monoisotopic (exact) mass is 366 g/mol. The number of imidazole rings is 1. The number of amidine groups is 1. The van der Waals surface area contributed by atoms with E-state index in [2.05, 4.69) is 9.97 Å². The molecule has 136 valence electrons. The van der Waals surface area contributed by atoms with E-state index < -0.39 is 0 Å². The minimum Gasteiger partial charge on any atom is -0.509 e. The molecule has 3 aromatic rings. The molecule has 2 aromatic carbocycles. The Hall–Kier alpha value is -3.55. The largest absolute Gasteiger partial charge is 0.509 e. The number of H-pyrrole nitrogens is 1. The van der Waals surface area contributed by atoms with Crippen molar-refractivity contribution < 1.29 is 19.0 Å². The predicted octanol–water partition coefficient (Wildman–Crippen LogP) is 3.24. The molecule has 0 atom stereocenters. The van der Waals surface area contributed by atoms with E-state index in [-0.39, 0.29) is 24.0 Å². The van der Waals surface area contributed by atoms with E-state index in [1.54, 1.807) is 23.1 Å². The number of ether oxygens (including phenoxy) is 2. The van der Waals surface area contributed by atoms with Gasteiger partial charge >= 0.3 is 0 Å². The average molecular weight is 366 g/mol. The van der Waals surface area contributed by atoms with Crippen LogP contribution in [0.3, 0.4) is 0 Å². The topological polar surface area (TPSA) is 94.5 Å². The normalized spacial score (nSPS) is 16.5. The summed E-state index contributed by atoms with van der Waals surface area (Å²) in [6, 6.07) is 9.60. The summed E-state index contributed by atoms with van der Waals surface area (Å²) in [7, 11) is 0. The van der Waals surface area contributed by atoms with Gasteiger partial charge in [0.15, 0.2) is 11.5 Å². The zero-order valence-electron chi connectivity index (χ0n) is 14.1. The molecule has 0 radical (unpaired) electrons. The Bertz CT molecular complexity index is 1120. The molecule has 0 saturated heterocycles. The fourth-order valence-electron chi connectivity index (χ4n) is 3.35. The highest BCUT2D eigenvalue weighted by Crippen LogP contribution is 2.37. The van der Waals surface area contributed by atoms with Gasteiger partial charge in [0.25, 0.3) is 0 Å². The Kier molecular flexibility index (Phi) is 3.33. The first-order valence-corrected chi connectivity index (χ1v) is 8.44. The first kappa shape index (κ1) is 15.7. The Morgan fingerprint density at radius 3 is 2.78 bits per heavy atom. The van der Waals surface area contributed by atoms with Crippen LogP contribution in [0, 0.1) is 11.2 Å². The van der Waals surface area contributed by atoms with Crippen LogP contribution in [0.4, 0.5) is 10.1 Å². The lowest BCUT2D eigenvalue weighted by Crippen LogP contribution is -2.26. The highest BCUT2D eigenvalue weighted by atomic mass is 19.1.